The third-order valence-electron chi connectivity index (χ3n) is 3.09. The summed E-state index contributed by atoms with van der Waals surface area (Å²) < 4.78 is 0. The maximum atomic E-state index is 12.3. The van der Waals surface area contributed by atoms with Gasteiger partial charge in [0, 0.05) is 15.5 Å². The average molecular weight is 335 g/mol. The third-order valence-corrected chi connectivity index (χ3v) is 5.27. The molecule has 0 aliphatic rings. The molecule has 1 amide bonds. The zero-order valence-corrected chi connectivity index (χ0v) is 13.7. The summed E-state index contributed by atoms with van der Waals surface area (Å²) in [5, 5.41) is 13.6. The molecule has 1 aromatic heterocycles. The number of carboxylic acid groups (broad SMARTS) is 1. The number of benzene rings is 1. The highest BCUT2D eigenvalue weighted by Gasteiger charge is 2.20. The largest absolute Gasteiger partial charge is 0.480 e. The van der Waals surface area contributed by atoms with Crippen LogP contribution in [0.25, 0.3) is 0 Å². The fourth-order valence-corrected chi connectivity index (χ4v) is 3.72. The van der Waals surface area contributed by atoms with E-state index in [2.05, 4.69) is 11.4 Å². The van der Waals surface area contributed by atoms with E-state index >= 15 is 0 Å². The zero-order chi connectivity index (χ0) is 15.9. The minimum absolute atomic E-state index is 0.344. The Bertz CT molecular complexity index is 641. The van der Waals surface area contributed by atoms with Gasteiger partial charge in [-0.15, -0.1) is 23.1 Å². The molecule has 0 fully saturated rings. The van der Waals surface area contributed by atoms with E-state index in [1.165, 1.54) is 4.88 Å². The summed E-state index contributed by atoms with van der Waals surface area (Å²) in [6.07, 6.45) is 0.353. The fraction of sp³-hybridized carbons (Fsp3) is 0.250. The van der Waals surface area contributed by atoms with E-state index in [0.29, 0.717) is 12.0 Å². The first-order chi connectivity index (χ1) is 10.6. The Hall–Kier alpha value is -1.79. The molecule has 0 radical (unpaired) electrons. The van der Waals surface area contributed by atoms with Gasteiger partial charge in [-0.2, -0.15) is 0 Å². The number of aliphatic carboxylic acids is 1. The quantitative estimate of drug-likeness (QED) is 0.758. The van der Waals surface area contributed by atoms with E-state index in [-0.39, 0.29) is 5.91 Å². The van der Waals surface area contributed by atoms with Crippen LogP contribution in [0, 0.1) is 0 Å². The van der Waals surface area contributed by atoms with E-state index in [0.717, 1.165) is 10.6 Å². The number of hydrogen-bond acceptors (Lipinski definition) is 4. The van der Waals surface area contributed by atoms with Crippen molar-refractivity contribution in [3.8, 4) is 0 Å². The Kier molecular flexibility index (Phi) is 6.03. The van der Waals surface area contributed by atoms with Gasteiger partial charge in [0.2, 0.25) is 0 Å². The highest BCUT2D eigenvalue weighted by molar-refractivity contribution is 7.98. The van der Waals surface area contributed by atoms with Gasteiger partial charge in [-0.1, -0.05) is 25.1 Å². The number of amides is 1. The van der Waals surface area contributed by atoms with Crippen molar-refractivity contribution in [3.05, 3.63) is 52.2 Å². The summed E-state index contributed by atoms with van der Waals surface area (Å²) in [5.41, 5.74) is 0.517. The van der Waals surface area contributed by atoms with Crippen molar-refractivity contribution in [2.45, 2.75) is 30.0 Å². The van der Waals surface area contributed by atoms with Crippen molar-refractivity contribution in [2.24, 2.45) is 0 Å². The first-order valence-corrected chi connectivity index (χ1v) is 8.76. The van der Waals surface area contributed by atoms with Crippen molar-refractivity contribution < 1.29 is 14.7 Å². The van der Waals surface area contributed by atoms with Gasteiger partial charge in [0.25, 0.3) is 5.91 Å². The third kappa shape index (κ3) is 4.35. The number of rotatable bonds is 7. The monoisotopic (exact) mass is 335 g/mol. The summed E-state index contributed by atoms with van der Waals surface area (Å²) >= 11 is 3.25. The maximum Gasteiger partial charge on any atom is 0.326 e. The van der Waals surface area contributed by atoms with Crippen LogP contribution in [0.4, 0.5) is 0 Å². The number of thioether (sulfide) groups is 1. The Morgan fingerprint density at radius 1 is 1.27 bits per heavy atom. The molecule has 0 bridgehead atoms. The molecule has 2 N–H and O–H groups in total. The summed E-state index contributed by atoms with van der Waals surface area (Å²) in [6.45, 7) is 1.73. The van der Waals surface area contributed by atoms with Gasteiger partial charge in [0.15, 0.2) is 0 Å². The average Bonchev–Trinajstić information content (AvgIpc) is 3.03. The molecule has 0 aliphatic heterocycles. The molecule has 0 saturated heterocycles. The Morgan fingerprint density at radius 3 is 2.68 bits per heavy atom. The predicted molar refractivity (Wildman–Crippen MR) is 89.5 cm³/mol. The fourth-order valence-electron chi connectivity index (χ4n) is 1.90. The Balaban J connectivity index is 2.09. The van der Waals surface area contributed by atoms with Crippen molar-refractivity contribution in [2.75, 3.05) is 0 Å². The molecule has 2 rings (SSSR count). The minimum atomic E-state index is -1.01. The molecule has 0 saturated carbocycles. The second kappa shape index (κ2) is 8.00. The van der Waals surface area contributed by atoms with Crippen LogP contribution < -0.4 is 5.32 Å². The minimum Gasteiger partial charge on any atom is -0.480 e. The Labute approximate surface area is 137 Å². The first-order valence-electron chi connectivity index (χ1n) is 6.89. The zero-order valence-electron chi connectivity index (χ0n) is 12.1. The van der Waals surface area contributed by atoms with E-state index < -0.39 is 12.0 Å². The first kappa shape index (κ1) is 16.6. The number of nitrogens with one attached hydrogen (secondary N) is 1. The van der Waals surface area contributed by atoms with Crippen molar-refractivity contribution >= 4 is 35.0 Å². The van der Waals surface area contributed by atoms with Crippen LogP contribution in [-0.4, -0.2) is 23.0 Å². The molecular formula is C16H17NO3S2. The molecule has 6 heteroatoms. The molecular weight excluding hydrogens is 318 g/mol. The normalized spacial score (nSPS) is 11.9. The summed E-state index contributed by atoms with van der Waals surface area (Å²) in [4.78, 5) is 25.4. The molecule has 0 spiro atoms. The van der Waals surface area contributed by atoms with Gasteiger partial charge in [0.05, 0.1) is 5.56 Å². The number of hydrogen-bond donors (Lipinski definition) is 2. The lowest BCUT2D eigenvalue weighted by Gasteiger charge is -2.14. The van der Waals surface area contributed by atoms with Crippen molar-refractivity contribution in [1.29, 1.82) is 0 Å². The highest BCUT2D eigenvalue weighted by Crippen LogP contribution is 2.28. The van der Waals surface area contributed by atoms with Gasteiger partial charge in [-0.25, -0.2) is 4.79 Å². The molecule has 2 aromatic rings. The number of carbonyl (C=O) groups is 2. The second-order valence-electron chi connectivity index (χ2n) is 4.64. The van der Waals surface area contributed by atoms with Crippen LogP contribution in [-0.2, 0) is 10.5 Å². The maximum absolute atomic E-state index is 12.3. The van der Waals surface area contributed by atoms with Crippen molar-refractivity contribution in [1.82, 2.24) is 5.32 Å². The standard InChI is InChI=1S/C16H17NO3S2/c1-2-13(16(19)20)17-15(18)12-7-3-4-8-14(12)22-10-11-6-5-9-21-11/h3-9,13H,2,10H2,1H3,(H,17,18)(H,19,20). The molecule has 4 nitrogen and oxygen atoms in total. The van der Waals surface area contributed by atoms with Crippen LogP contribution >= 0.6 is 23.1 Å². The van der Waals surface area contributed by atoms with Gasteiger partial charge in [-0.3, -0.25) is 4.79 Å². The van der Waals surface area contributed by atoms with E-state index in [1.54, 1.807) is 42.2 Å². The topological polar surface area (TPSA) is 66.4 Å². The van der Waals surface area contributed by atoms with Crippen molar-refractivity contribution in [3.63, 3.8) is 0 Å². The van der Waals surface area contributed by atoms with E-state index in [4.69, 9.17) is 5.11 Å². The SMILES string of the molecule is CCC(NC(=O)c1ccccc1SCc1cccs1)C(=O)O. The number of carbonyl (C=O) groups excluding carboxylic acids is 1. The second-order valence-corrected chi connectivity index (χ2v) is 6.69. The lowest BCUT2D eigenvalue weighted by molar-refractivity contribution is -0.139. The smallest absolute Gasteiger partial charge is 0.326 e. The van der Waals surface area contributed by atoms with Crippen LogP contribution in [0.3, 0.4) is 0 Å². The van der Waals surface area contributed by atoms with Gasteiger partial charge in [0.1, 0.15) is 6.04 Å². The molecule has 1 aromatic carbocycles. The predicted octanol–water partition coefficient (Wildman–Crippen LogP) is 3.63. The van der Waals surface area contributed by atoms with Crippen LogP contribution in [0.15, 0.2) is 46.7 Å². The lowest BCUT2D eigenvalue weighted by atomic mass is 10.1. The number of thiophene rings is 1. The number of carboxylic acids is 1. The summed E-state index contributed by atoms with van der Waals surface area (Å²) in [6, 6.07) is 10.5. The lowest BCUT2D eigenvalue weighted by Crippen LogP contribution is -2.40. The molecule has 0 aliphatic carbocycles. The van der Waals surface area contributed by atoms with Crippen LogP contribution in [0.5, 0.6) is 0 Å². The molecule has 1 heterocycles. The molecule has 1 atom stereocenters. The molecule has 22 heavy (non-hydrogen) atoms. The van der Waals surface area contributed by atoms with Crippen LogP contribution in [0.2, 0.25) is 0 Å². The Morgan fingerprint density at radius 2 is 2.05 bits per heavy atom. The van der Waals surface area contributed by atoms with Gasteiger partial charge >= 0.3 is 5.97 Å². The summed E-state index contributed by atoms with van der Waals surface area (Å²) in [7, 11) is 0. The molecule has 1 unspecified atom stereocenters. The van der Waals surface area contributed by atoms with E-state index in [9.17, 15) is 9.59 Å². The van der Waals surface area contributed by atoms with E-state index in [1.807, 2.05) is 23.6 Å². The van der Waals surface area contributed by atoms with Gasteiger partial charge < -0.3 is 10.4 Å². The molecule has 116 valence electrons. The highest BCUT2D eigenvalue weighted by atomic mass is 32.2. The van der Waals surface area contributed by atoms with Crippen LogP contribution in [0.1, 0.15) is 28.6 Å². The van der Waals surface area contributed by atoms with Gasteiger partial charge in [-0.05, 0) is 30.0 Å². The summed E-state index contributed by atoms with van der Waals surface area (Å²) in [5.74, 6) is -0.568.